The van der Waals surface area contributed by atoms with Gasteiger partial charge in [0.15, 0.2) is 0 Å². The quantitative estimate of drug-likeness (QED) is 0.565. The Balaban J connectivity index is 2.83. The zero-order valence-corrected chi connectivity index (χ0v) is 12.4. The SMILES string of the molecule is CCCCC(Cc1c(Cl)c(CC)nn1CC)NN. The maximum Gasteiger partial charge on any atom is 0.0850 e. The van der Waals surface area contributed by atoms with E-state index in [1.54, 1.807) is 0 Å². The third kappa shape index (κ3) is 3.70. The number of hydrazine groups is 1. The second kappa shape index (κ2) is 7.77. The molecule has 0 spiro atoms. The van der Waals surface area contributed by atoms with E-state index in [1.165, 1.54) is 12.8 Å². The van der Waals surface area contributed by atoms with Gasteiger partial charge in [-0.15, -0.1) is 0 Å². The molecule has 0 aliphatic heterocycles. The van der Waals surface area contributed by atoms with Crippen LogP contribution in [0.4, 0.5) is 0 Å². The summed E-state index contributed by atoms with van der Waals surface area (Å²) in [6, 6.07) is 0.272. The fourth-order valence-electron chi connectivity index (χ4n) is 2.14. The molecule has 0 saturated carbocycles. The van der Waals surface area contributed by atoms with Gasteiger partial charge in [0.1, 0.15) is 0 Å². The highest BCUT2D eigenvalue weighted by Crippen LogP contribution is 2.23. The van der Waals surface area contributed by atoms with E-state index in [0.717, 1.165) is 42.2 Å². The van der Waals surface area contributed by atoms with Gasteiger partial charge in [-0.2, -0.15) is 5.10 Å². The molecular formula is C13H25ClN4. The molecule has 1 atom stereocenters. The van der Waals surface area contributed by atoms with Gasteiger partial charge in [-0.1, -0.05) is 38.3 Å². The molecule has 4 nitrogen and oxygen atoms in total. The van der Waals surface area contributed by atoms with Crippen molar-refractivity contribution >= 4 is 11.6 Å². The van der Waals surface area contributed by atoms with Crippen LogP contribution in [-0.4, -0.2) is 15.8 Å². The first-order valence-corrected chi connectivity index (χ1v) is 7.25. The average Bonchev–Trinajstić information content (AvgIpc) is 2.70. The lowest BCUT2D eigenvalue weighted by Crippen LogP contribution is -2.37. The Morgan fingerprint density at radius 1 is 1.39 bits per heavy atom. The zero-order valence-electron chi connectivity index (χ0n) is 11.7. The maximum atomic E-state index is 6.39. The number of nitrogens with two attached hydrogens (primary N) is 1. The van der Waals surface area contributed by atoms with E-state index in [1.807, 2.05) is 4.68 Å². The summed E-state index contributed by atoms with van der Waals surface area (Å²) in [6.45, 7) is 7.20. The van der Waals surface area contributed by atoms with Crippen molar-refractivity contribution < 1.29 is 0 Å². The Labute approximate surface area is 115 Å². The average molecular weight is 273 g/mol. The van der Waals surface area contributed by atoms with Crippen LogP contribution >= 0.6 is 11.6 Å². The summed E-state index contributed by atoms with van der Waals surface area (Å²) in [5.74, 6) is 5.62. The van der Waals surface area contributed by atoms with Gasteiger partial charge in [-0.05, 0) is 19.8 Å². The van der Waals surface area contributed by atoms with Crippen LogP contribution in [-0.2, 0) is 19.4 Å². The third-order valence-corrected chi connectivity index (χ3v) is 3.71. The zero-order chi connectivity index (χ0) is 13.5. The molecule has 5 heteroatoms. The summed E-state index contributed by atoms with van der Waals surface area (Å²) < 4.78 is 2.00. The van der Waals surface area contributed by atoms with Crippen LogP contribution in [0, 0.1) is 0 Å². The topological polar surface area (TPSA) is 55.9 Å². The summed E-state index contributed by atoms with van der Waals surface area (Å²) in [5.41, 5.74) is 4.98. The molecule has 0 amide bonds. The molecular weight excluding hydrogens is 248 g/mol. The third-order valence-electron chi connectivity index (χ3n) is 3.28. The summed E-state index contributed by atoms with van der Waals surface area (Å²) in [7, 11) is 0. The molecule has 0 aliphatic carbocycles. The van der Waals surface area contributed by atoms with Crippen LogP contribution in [0.2, 0.25) is 5.02 Å². The van der Waals surface area contributed by atoms with Crippen LogP contribution in [0.3, 0.4) is 0 Å². The second-order valence-corrected chi connectivity index (χ2v) is 4.96. The lowest BCUT2D eigenvalue weighted by Gasteiger charge is -2.16. The first kappa shape index (κ1) is 15.5. The largest absolute Gasteiger partial charge is 0.271 e. The molecule has 18 heavy (non-hydrogen) atoms. The van der Waals surface area contributed by atoms with E-state index in [2.05, 4.69) is 31.3 Å². The highest BCUT2D eigenvalue weighted by molar-refractivity contribution is 6.31. The molecule has 0 fully saturated rings. The first-order valence-electron chi connectivity index (χ1n) is 6.87. The van der Waals surface area contributed by atoms with Gasteiger partial charge < -0.3 is 0 Å². The second-order valence-electron chi connectivity index (χ2n) is 4.59. The maximum absolute atomic E-state index is 6.39. The van der Waals surface area contributed by atoms with Crippen molar-refractivity contribution in [1.29, 1.82) is 0 Å². The number of aromatic nitrogens is 2. The van der Waals surface area contributed by atoms with Crippen LogP contribution in [0.15, 0.2) is 0 Å². The number of hydrogen-bond acceptors (Lipinski definition) is 3. The van der Waals surface area contributed by atoms with Gasteiger partial charge in [0, 0.05) is 19.0 Å². The number of rotatable bonds is 8. The minimum Gasteiger partial charge on any atom is -0.271 e. The van der Waals surface area contributed by atoms with Crippen LogP contribution < -0.4 is 11.3 Å². The van der Waals surface area contributed by atoms with Crippen molar-refractivity contribution in [2.75, 3.05) is 0 Å². The number of nitrogens with one attached hydrogen (secondary N) is 1. The normalized spacial score (nSPS) is 12.9. The van der Waals surface area contributed by atoms with Gasteiger partial charge in [0.2, 0.25) is 0 Å². The van der Waals surface area contributed by atoms with Crippen molar-refractivity contribution in [3.63, 3.8) is 0 Å². The smallest absolute Gasteiger partial charge is 0.0850 e. The van der Waals surface area contributed by atoms with Gasteiger partial charge in [-0.25, -0.2) is 0 Å². The molecule has 1 rings (SSSR count). The summed E-state index contributed by atoms with van der Waals surface area (Å²) in [6.07, 6.45) is 5.14. The van der Waals surface area contributed by atoms with E-state index >= 15 is 0 Å². The Bertz CT molecular complexity index is 362. The Morgan fingerprint density at radius 3 is 2.61 bits per heavy atom. The molecule has 1 aromatic heterocycles. The molecule has 3 N–H and O–H groups in total. The fourth-order valence-corrected chi connectivity index (χ4v) is 2.49. The number of unbranched alkanes of at least 4 members (excludes halogenated alkanes) is 1. The van der Waals surface area contributed by atoms with Gasteiger partial charge in [0.05, 0.1) is 16.4 Å². The molecule has 0 bridgehead atoms. The van der Waals surface area contributed by atoms with Crippen molar-refractivity contribution in [1.82, 2.24) is 15.2 Å². The summed E-state index contributed by atoms with van der Waals surface area (Å²) in [4.78, 5) is 0. The minimum atomic E-state index is 0.272. The first-order chi connectivity index (χ1) is 8.67. The number of aryl methyl sites for hydroxylation is 2. The van der Waals surface area contributed by atoms with E-state index in [-0.39, 0.29) is 6.04 Å². The van der Waals surface area contributed by atoms with E-state index < -0.39 is 0 Å². The summed E-state index contributed by atoms with van der Waals surface area (Å²) >= 11 is 6.39. The van der Waals surface area contributed by atoms with Crippen LogP contribution in [0.1, 0.15) is 51.4 Å². The highest BCUT2D eigenvalue weighted by Gasteiger charge is 2.17. The van der Waals surface area contributed by atoms with Crippen molar-refractivity contribution in [2.45, 2.75) is 65.5 Å². The van der Waals surface area contributed by atoms with Crippen molar-refractivity contribution in [3.05, 3.63) is 16.4 Å². The van der Waals surface area contributed by atoms with Gasteiger partial charge >= 0.3 is 0 Å². The summed E-state index contributed by atoms with van der Waals surface area (Å²) in [5, 5.41) is 5.35. The molecule has 1 unspecified atom stereocenters. The molecule has 104 valence electrons. The van der Waals surface area contributed by atoms with Gasteiger partial charge in [0.25, 0.3) is 0 Å². The highest BCUT2D eigenvalue weighted by atomic mass is 35.5. The molecule has 0 saturated heterocycles. The Hall–Kier alpha value is -0.580. The molecule has 1 heterocycles. The number of nitrogens with zero attached hydrogens (tertiary/aromatic N) is 2. The monoisotopic (exact) mass is 272 g/mol. The molecule has 1 aromatic rings. The number of halogens is 1. The lowest BCUT2D eigenvalue weighted by atomic mass is 10.0. The minimum absolute atomic E-state index is 0.272. The molecule has 0 radical (unpaired) electrons. The van der Waals surface area contributed by atoms with E-state index in [9.17, 15) is 0 Å². The predicted molar refractivity (Wildman–Crippen MR) is 76.6 cm³/mol. The van der Waals surface area contributed by atoms with E-state index in [4.69, 9.17) is 17.4 Å². The van der Waals surface area contributed by atoms with Crippen molar-refractivity contribution in [3.8, 4) is 0 Å². The van der Waals surface area contributed by atoms with Gasteiger partial charge in [-0.3, -0.25) is 16.0 Å². The Kier molecular flexibility index (Phi) is 6.68. The van der Waals surface area contributed by atoms with Crippen molar-refractivity contribution in [2.24, 2.45) is 5.84 Å². The molecule has 0 aromatic carbocycles. The Morgan fingerprint density at radius 2 is 2.11 bits per heavy atom. The van der Waals surface area contributed by atoms with Crippen LogP contribution in [0.5, 0.6) is 0 Å². The molecule has 0 aliphatic rings. The lowest BCUT2D eigenvalue weighted by molar-refractivity contribution is 0.457. The fraction of sp³-hybridized carbons (Fsp3) is 0.769. The van der Waals surface area contributed by atoms with Crippen LogP contribution in [0.25, 0.3) is 0 Å². The standard InChI is InChI=1S/C13H25ClN4/c1-4-7-8-10(16-15)9-12-13(14)11(5-2)17-18(12)6-3/h10,16H,4-9,15H2,1-3H3. The predicted octanol–water partition coefficient (Wildman–Crippen LogP) is 2.68. The number of hydrogen-bond donors (Lipinski definition) is 2. The van der Waals surface area contributed by atoms with E-state index in [0.29, 0.717) is 0 Å².